The Morgan fingerprint density at radius 1 is 1.18 bits per heavy atom. The van der Waals surface area contributed by atoms with E-state index in [4.69, 9.17) is 0 Å². The van der Waals surface area contributed by atoms with Crippen LogP contribution in [0.2, 0.25) is 0 Å². The lowest BCUT2D eigenvalue weighted by Gasteiger charge is -2.23. The average molecular weight is 291 g/mol. The number of aryl methyl sites for hydroxylation is 2. The van der Waals surface area contributed by atoms with Gasteiger partial charge in [-0.2, -0.15) is 0 Å². The predicted octanol–water partition coefficient (Wildman–Crippen LogP) is 3.49. The van der Waals surface area contributed by atoms with E-state index in [-0.39, 0.29) is 0 Å². The largest absolute Gasteiger partial charge is 0.344 e. The van der Waals surface area contributed by atoms with Crippen molar-refractivity contribution in [1.82, 2.24) is 14.9 Å². The Kier molecular flexibility index (Phi) is 3.43. The summed E-state index contributed by atoms with van der Waals surface area (Å²) in [5.41, 5.74) is 5.73. The van der Waals surface area contributed by atoms with E-state index in [0.29, 0.717) is 6.04 Å². The first kappa shape index (κ1) is 13.5. The predicted molar refractivity (Wildman–Crippen MR) is 90.0 cm³/mol. The first-order valence-electron chi connectivity index (χ1n) is 8.07. The second-order valence-electron chi connectivity index (χ2n) is 6.06. The summed E-state index contributed by atoms with van der Waals surface area (Å²) in [6, 6.07) is 13.5. The van der Waals surface area contributed by atoms with Crippen LogP contribution in [0.15, 0.2) is 48.8 Å². The summed E-state index contributed by atoms with van der Waals surface area (Å²) in [7, 11) is 0. The van der Waals surface area contributed by atoms with E-state index in [1.54, 1.807) is 0 Å². The van der Waals surface area contributed by atoms with E-state index in [1.165, 1.54) is 27.7 Å². The van der Waals surface area contributed by atoms with Gasteiger partial charge in [-0.05, 0) is 42.7 Å². The van der Waals surface area contributed by atoms with Gasteiger partial charge in [0.2, 0.25) is 0 Å². The van der Waals surface area contributed by atoms with Crippen molar-refractivity contribution in [2.75, 3.05) is 6.54 Å². The third-order valence-electron chi connectivity index (χ3n) is 4.74. The third-order valence-corrected chi connectivity index (χ3v) is 4.74. The minimum atomic E-state index is 0.441. The molecule has 0 bridgehead atoms. The number of hydrogen-bond donors (Lipinski definition) is 1. The lowest BCUT2D eigenvalue weighted by Crippen LogP contribution is -2.28. The molecule has 0 radical (unpaired) electrons. The Morgan fingerprint density at radius 2 is 2.00 bits per heavy atom. The molecule has 4 rings (SSSR count). The monoisotopic (exact) mass is 291 g/mol. The molecule has 0 saturated heterocycles. The first-order chi connectivity index (χ1) is 10.8. The van der Waals surface area contributed by atoms with Crippen LogP contribution in [0.25, 0.3) is 10.9 Å². The molecule has 3 aromatic rings. The molecule has 3 heterocycles. The van der Waals surface area contributed by atoms with Crippen LogP contribution in [0, 0.1) is 0 Å². The second-order valence-corrected chi connectivity index (χ2v) is 6.06. The summed E-state index contributed by atoms with van der Waals surface area (Å²) < 4.78 is 2.53. The lowest BCUT2D eigenvalue weighted by molar-refractivity contribution is 0.521. The topological polar surface area (TPSA) is 29.9 Å². The quantitative estimate of drug-likeness (QED) is 0.800. The molecule has 3 nitrogen and oxygen atoms in total. The Morgan fingerprint density at radius 3 is 2.86 bits per heavy atom. The second kappa shape index (κ2) is 5.58. The van der Waals surface area contributed by atoms with Crippen LogP contribution >= 0.6 is 0 Å². The number of benzene rings is 1. The molecule has 2 aromatic heterocycles. The smallest absolute Gasteiger partial charge is 0.0486 e. The molecule has 0 amide bonds. The number of hydrogen-bond acceptors (Lipinski definition) is 2. The molecule has 0 fully saturated rings. The zero-order chi connectivity index (χ0) is 14.9. The fourth-order valence-corrected chi connectivity index (χ4v) is 3.69. The Hall–Kier alpha value is -2.13. The first-order valence-corrected chi connectivity index (χ1v) is 8.07. The van der Waals surface area contributed by atoms with Crippen LogP contribution in [-0.4, -0.2) is 16.1 Å². The standard InChI is InChI=1S/C19H21N3/c1-14-19-16-4-2-3-5-17(16)22(18(19)8-12-21-14)13-9-15-6-10-20-11-7-15/h2-7,10-11,14,21H,8-9,12-13H2,1H3. The summed E-state index contributed by atoms with van der Waals surface area (Å²) in [6.07, 6.45) is 5.93. The molecule has 112 valence electrons. The van der Waals surface area contributed by atoms with Gasteiger partial charge < -0.3 is 9.88 Å². The maximum absolute atomic E-state index is 4.11. The summed E-state index contributed by atoms with van der Waals surface area (Å²) in [4.78, 5) is 4.11. The molecule has 1 aliphatic rings. The molecule has 3 heteroatoms. The van der Waals surface area contributed by atoms with E-state index >= 15 is 0 Å². The molecule has 0 spiro atoms. The molecule has 0 aliphatic carbocycles. The van der Waals surface area contributed by atoms with Gasteiger partial charge in [0.15, 0.2) is 0 Å². The molecule has 1 unspecified atom stereocenters. The van der Waals surface area contributed by atoms with Crippen LogP contribution in [-0.2, 0) is 19.4 Å². The van der Waals surface area contributed by atoms with E-state index < -0.39 is 0 Å². The van der Waals surface area contributed by atoms with Gasteiger partial charge >= 0.3 is 0 Å². The highest BCUT2D eigenvalue weighted by Gasteiger charge is 2.23. The highest BCUT2D eigenvalue weighted by Crippen LogP contribution is 2.33. The van der Waals surface area contributed by atoms with Crippen LogP contribution < -0.4 is 5.32 Å². The lowest BCUT2D eigenvalue weighted by atomic mass is 9.99. The van der Waals surface area contributed by atoms with E-state index in [1.807, 2.05) is 12.4 Å². The summed E-state index contributed by atoms with van der Waals surface area (Å²) in [5.74, 6) is 0. The fourth-order valence-electron chi connectivity index (χ4n) is 3.69. The van der Waals surface area contributed by atoms with Crippen molar-refractivity contribution in [2.24, 2.45) is 0 Å². The van der Waals surface area contributed by atoms with Crippen molar-refractivity contribution in [3.63, 3.8) is 0 Å². The molecular weight excluding hydrogens is 270 g/mol. The van der Waals surface area contributed by atoms with Crippen LogP contribution in [0.4, 0.5) is 0 Å². The SMILES string of the molecule is CC1NCCc2c1c1ccccc1n2CCc1ccncc1. The van der Waals surface area contributed by atoms with Gasteiger partial charge in [-0.1, -0.05) is 18.2 Å². The molecule has 1 aliphatic heterocycles. The molecule has 1 atom stereocenters. The van der Waals surface area contributed by atoms with Crippen molar-refractivity contribution in [3.8, 4) is 0 Å². The van der Waals surface area contributed by atoms with Crippen LogP contribution in [0.5, 0.6) is 0 Å². The Balaban J connectivity index is 1.77. The Labute approximate surface area is 131 Å². The van der Waals surface area contributed by atoms with Gasteiger partial charge in [0.1, 0.15) is 0 Å². The van der Waals surface area contributed by atoms with E-state index in [2.05, 4.69) is 58.2 Å². The van der Waals surface area contributed by atoms with Gasteiger partial charge in [-0.3, -0.25) is 4.98 Å². The maximum Gasteiger partial charge on any atom is 0.0486 e. The number of pyridine rings is 1. The fraction of sp³-hybridized carbons (Fsp3) is 0.316. The third kappa shape index (κ3) is 2.22. The number of aromatic nitrogens is 2. The molecular formula is C19H21N3. The number of nitrogens with zero attached hydrogens (tertiary/aromatic N) is 2. The highest BCUT2D eigenvalue weighted by atomic mass is 15.0. The zero-order valence-electron chi connectivity index (χ0n) is 12.9. The highest BCUT2D eigenvalue weighted by molar-refractivity contribution is 5.86. The van der Waals surface area contributed by atoms with Crippen molar-refractivity contribution in [2.45, 2.75) is 32.4 Å². The minimum absolute atomic E-state index is 0.441. The summed E-state index contributed by atoms with van der Waals surface area (Å²) >= 11 is 0. The van der Waals surface area contributed by atoms with E-state index in [9.17, 15) is 0 Å². The van der Waals surface area contributed by atoms with Gasteiger partial charge in [0.05, 0.1) is 0 Å². The van der Waals surface area contributed by atoms with Crippen molar-refractivity contribution < 1.29 is 0 Å². The summed E-state index contributed by atoms with van der Waals surface area (Å²) in [6.45, 7) is 4.38. The summed E-state index contributed by atoms with van der Waals surface area (Å²) in [5, 5.41) is 5.01. The minimum Gasteiger partial charge on any atom is -0.344 e. The number of nitrogens with one attached hydrogen (secondary N) is 1. The van der Waals surface area contributed by atoms with Crippen LogP contribution in [0.1, 0.15) is 29.8 Å². The maximum atomic E-state index is 4.11. The van der Waals surface area contributed by atoms with Gasteiger partial charge in [-0.25, -0.2) is 0 Å². The van der Waals surface area contributed by atoms with Crippen LogP contribution in [0.3, 0.4) is 0 Å². The Bertz CT molecular complexity index is 789. The van der Waals surface area contributed by atoms with Crippen molar-refractivity contribution in [1.29, 1.82) is 0 Å². The van der Waals surface area contributed by atoms with Crippen molar-refractivity contribution in [3.05, 3.63) is 65.6 Å². The number of fused-ring (bicyclic) bond motifs is 3. The van der Waals surface area contributed by atoms with Crippen molar-refractivity contribution >= 4 is 10.9 Å². The average Bonchev–Trinajstić information content (AvgIpc) is 2.89. The normalized spacial score (nSPS) is 17.6. The molecule has 0 saturated carbocycles. The molecule has 1 N–H and O–H groups in total. The van der Waals surface area contributed by atoms with E-state index in [0.717, 1.165) is 25.9 Å². The zero-order valence-corrected chi connectivity index (χ0v) is 12.9. The molecule has 22 heavy (non-hydrogen) atoms. The number of rotatable bonds is 3. The number of para-hydroxylation sites is 1. The van der Waals surface area contributed by atoms with Gasteiger partial charge in [0, 0.05) is 54.5 Å². The van der Waals surface area contributed by atoms with Gasteiger partial charge in [-0.15, -0.1) is 0 Å². The molecule has 1 aromatic carbocycles. The van der Waals surface area contributed by atoms with Gasteiger partial charge in [0.25, 0.3) is 0 Å².